The third kappa shape index (κ3) is 1.62. The van der Waals surface area contributed by atoms with E-state index in [9.17, 15) is 0 Å². The second-order valence-electron chi connectivity index (χ2n) is 3.73. The molecule has 2 aliphatic rings. The van der Waals surface area contributed by atoms with Crippen molar-refractivity contribution < 1.29 is 4.74 Å². The molecule has 3 atom stereocenters. The Bertz CT molecular complexity index is 124. The van der Waals surface area contributed by atoms with Crippen LogP contribution in [-0.4, -0.2) is 17.5 Å². The number of hydrogen-bond acceptors (Lipinski definition) is 1. The van der Waals surface area contributed by atoms with Crippen LogP contribution < -0.4 is 0 Å². The van der Waals surface area contributed by atoms with E-state index < -0.39 is 0 Å². The first-order chi connectivity index (χ1) is 5.40. The SMILES string of the molecule is BrC[C@@H]1C[C@@H]2CCCC[C@@H]2O1. The van der Waals surface area contributed by atoms with Gasteiger partial charge in [0.1, 0.15) is 0 Å². The smallest absolute Gasteiger partial charge is 0.0679 e. The van der Waals surface area contributed by atoms with Gasteiger partial charge in [0.05, 0.1) is 12.2 Å². The molecule has 0 radical (unpaired) electrons. The summed E-state index contributed by atoms with van der Waals surface area (Å²) in [6, 6.07) is 0. The molecule has 0 aromatic heterocycles. The van der Waals surface area contributed by atoms with Gasteiger partial charge < -0.3 is 4.74 Å². The molecule has 1 saturated carbocycles. The topological polar surface area (TPSA) is 9.23 Å². The molecule has 1 aliphatic carbocycles. The zero-order valence-corrected chi connectivity index (χ0v) is 8.35. The summed E-state index contributed by atoms with van der Waals surface area (Å²) in [4.78, 5) is 0. The summed E-state index contributed by atoms with van der Waals surface area (Å²) in [6.07, 6.45) is 7.97. The molecule has 1 nitrogen and oxygen atoms in total. The maximum atomic E-state index is 5.87. The Morgan fingerprint density at radius 1 is 1.27 bits per heavy atom. The summed E-state index contributed by atoms with van der Waals surface area (Å²) in [5, 5.41) is 1.03. The largest absolute Gasteiger partial charge is 0.374 e. The van der Waals surface area contributed by atoms with Crippen LogP contribution in [0, 0.1) is 5.92 Å². The van der Waals surface area contributed by atoms with Crippen molar-refractivity contribution in [1.82, 2.24) is 0 Å². The number of rotatable bonds is 1. The summed E-state index contributed by atoms with van der Waals surface area (Å²) in [7, 11) is 0. The summed E-state index contributed by atoms with van der Waals surface area (Å²) in [6.45, 7) is 0. The predicted octanol–water partition coefficient (Wildman–Crippen LogP) is 2.73. The van der Waals surface area contributed by atoms with E-state index in [1.54, 1.807) is 0 Å². The lowest BCUT2D eigenvalue weighted by Crippen LogP contribution is -2.20. The van der Waals surface area contributed by atoms with Gasteiger partial charge in [-0.1, -0.05) is 28.8 Å². The molecule has 0 N–H and O–H groups in total. The van der Waals surface area contributed by atoms with Gasteiger partial charge in [-0.2, -0.15) is 0 Å². The minimum Gasteiger partial charge on any atom is -0.374 e. The minimum absolute atomic E-state index is 0.517. The number of fused-ring (bicyclic) bond motifs is 1. The fourth-order valence-electron chi connectivity index (χ4n) is 2.36. The van der Waals surface area contributed by atoms with Crippen molar-refractivity contribution in [3.05, 3.63) is 0 Å². The quantitative estimate of drug-likeness (QED) is 0.616. The monoisotopic (exact) mass is 218 g/mol. The Balaban J connectivity index is 1.92. The van der Waals surface area contributed by atoms with Gasteiger partial charge in [-0.05, 0) is 25.2 Å². The van der Waals surface area contributed by atoms with Gasteiger partial charge in [-0.3, -0.25) is 0 Å². The van der Waals surface area contributed by atoms with Crippen LogP contribution in [0.2, 0.25) is 0 Å². The normalized spacial score (nSPS) is 43.9. The first kappa shape index (κ1) is 8.06. The number of hydrogen-bond donors (Lipinski definition) is 0. The number of alkyl halides is 1. The highest BCUT2D eigenvalue weighted by atomic mass is 79.9. The number of ether oxygens (including phenoxy) is 1. The van der Waals surface area contributed by atoms with E-state index in [1.807, 2.05) is 0 Å². The molecule has 2 heteroatoms. The minimum atomic E-state index is 0.517. The third-order valence-electron chi connectivity index (χ3n) is 2.94. The molecule has 64 valence electrons. The van der Waals surface area contributed by atoms with Crippen molar-refractivity contribution >= 4 is 15.9 Å². The van der Waals surface area contributed by atoms with Crippen molar-refractivity contribution in [3.8, 4) is 0 Å². The average Bonchev–Trinajstić information content (AvgIpc) is 2.46. The van der Waals surface area contributed by atoms with Crippen LogP contribution >= 0.6 is 15.9 Å². The van der Waals surface area contributed by atoms with Crippen molar-refractivity contribution in [2.24, 2.45) is 5.92 Å². The molecule has 0 unspecified atom stereocenters. The van der Waals surface area contributed by atoms with E-state index in [2.05, 4.69) is 15.9 Å². The fraction of sp³-hybridized carbons (Fsp3) is 1.00. The van der Waals surface area contributed by atoms with Crippen LogP contribution in [0.1, 0.15) is 32.1 Å². The van der Waals surface area contributed by atoms with Crippen LogP contribution in [-0.2, 0) is 4.74 Å². The lowest BCUT2D eigenvalue weighted by Gasteiger charge is -2.23. The highest BCUT2D eigenvalue weighted by Gasteiger charge is 2.35. The van der Waals surface area contributed by atoms with E-state index in [4.69, 9.17) is 4.74 Å². The second kappa shape index (κ2) is 3.44. The van der Waals surface area contributed by atoms with Crippen molar-refractivity contribution in [3.63, 3.8) is 0 Å². The van der Waals surface area contributed by atoms with E-state index >= 15 is 0 Å². The summed E-state index contributed by atoms with van der Waals surface area (Å²) in [5.41, 5.74) is 0. The van der Waals surface area contributed by atoms with Gasteiger partial charge in [0, 0.05) is 5.33 Å². The van der Waals surface area contributed by atoms with Crippen LogP contribution in [0.25, 0.3) is 0 Å². The predicted molar refractivity (Wildman–Crippen MR) is 49.0 cm³/mol. The van der Waals surface area contributed by atoms with Crippen molar-refractivity contribution in [2.75, 3.05) is 5.33 Å². The Morgan fingerprint density at radius 3 is 2.82 bits per heavy atom. The lowest BCUT2D eigenvalue weighted by atomic mass is 9.86. The van der Waals surface area contributed by atoms with E-state index in [-0.39, 0.29) is 0 Å². The summed E-state index contributed by atoms with van der Waals surface area (Å²) in [5.74, 6) is 0.895. The zero-order valence-electron chi connectivity index (χ0n) is 6.76. The highest BCUT2D eigenvalue weighted by Crippen LogP contribution is 2.37. The average molecular weight is 219 g/mol. The Hall–Kier alpha value is 0.440. The molecule has 1 saturated heterocycles. The second-order valence-corrected chi connectivity index (χ2v) is 4.38. The van der Waals surface area contributed by atoms with Crippen LogP contribution in [0.5, 0.6) is 0 Å². The lowest BCUT2D eigenvalue weighted by molar-refractivity contribution is 0.0296. The molecule has 0 aromatic carbocycles. The van der Waals surface area contributed by atoms with E-state index in [0.29, 0.717) is 12.2 Å². The van der Waals surface area contributed by atoms with E-state index in [1.165, 1.54) is 32.1 Å². The highest BCUT2D eigenvalue weighted by molar-refractivity contribution is 9.09. The van der Waals surface area contributed by atoms with Gasteiger partial charge in [-0.15, -0.1) is 0 Å². The summed E-state index contributed by atoms with van der Waals surface area (Å²) >= 11 is 3.48. The van der Waals surface area contributed by atoms with Gasteiger partial charge in [0.15, 0.2) is 0 Å². The molecule has 2 rings (SSSR count). The van der Waals surface area contributed by atoms with Crippen LogP contribution in [0.4, 0.5) is 0 Å². The molecule has 0 aromatic rings. The Labute approximate surface area is 76.6 Å². The maximum Gasteiger partial charge on any atom is 0.0679 e. The molecule has 11 heavy (non-hydrogen) atoms. The molecule has 1 heterocycles. The molecular formula is C9H15BrO. The van der Waals surface area contributed by atoms with Crippen molar-refractivity contribution in [1.29, 1.82) is 0 Å². The number of halogens is 1. The third-order valence-corrected chi connectivity index (χ3v) is 3.67. The first-order valence-electron chi connectivity index (χ1n) is 4.61. The standard InChI is InChI=1S/C9H15BrO/c10-6-8-5-7-3-1-2-4-9(7)11-8/h7-9H,1-6H2/t7-,8-,9-/m0/s1. The first-order valence-corrected chi connectivity index (χ1v) is 5.73. The fourth-order valence-corrected chi connectivity index (χ4v) is 2.78. The van der Waals surface area contributed by atoms with Gasteiger partial charge in [0.25, 0.3) is 0 Å². The molecule has 2 fully saturated rings. The van der Waals surface area contributed by atoms with Gasteiger partial charge in [-0.25, -0.2) is 0 Å². The van der Waals surface area contributed by atoms with Crippen LogP contribution in [0.3, 0.4) is 0 Å². The Kier molecular flexibility index (Phi) is 2.52. The molecule has 0 amide bonds. The Morgan fingerprint density at radius 2 is 2.09 bits per heavy atom. The summed E-state index contributed by atoms with van der Waals surface area (Å²) < 4.78 is 5.87. The van der Waals surface area contributed by atoms with Gasteiger partial charge in [0.2, 0.25) is 0 Å². The van der Waals surface area contributed by atoms with Crippen LogP contribution in [0.15, 0.2) is 0 Å². The molecular weight excluding hydrogens is 204 g/mol. The molecule has 0 spiro atoms. The zero-order chi connectivity index (χ0) is 7.68. The van der Waals surface area contributed by atoms with Gasteiger partial charge >= 0.3 is 0 Å². The van der Waals surface area contributed by atoms with Crippen molar-refractivity contribution in [2.45, 2.75) is 44.3 Å². The van der Waals surface area contributed by atoms with E-state index in [0.717, 1.165) is 11.2 Å². The molecule has 0 bridgehead atoms. The molecule has 1 aliphatic heterocycles. The maximum absolute atomic E-state index is 5.87.